The van der Waals surface area contributed by atoms with Crippen LogP contribution in [0.3, 0.4) is 0 Å². The lowest BCUT2D eigenvalue weighted by Crippen LogP contribution is -2.14. The lowest BCUT2D eigenvalue weighted by molar-refractivity contribution is 0.153. The second-order valence-electron chi connectivity index (χ2n) is 4.19. The van der Waals surface area contributed by atoms with E-state index >= 15 is 0 Å². The Kier molecular flexibility index (Phi) is 4.71. The van der Waals surface area contributed by atoms with Crippen LogP contribution in [0.1, 0.15) is 40.0 Å². The Bertz CT molecular complexity index is 138. The predicted molar refractivity (Wildman–Crippen MR) is 48.8 cm³/mol. The molecule has 1 amide bonds. The summed E-state index contributed by atoms with van der Waals surface area (Å²) in [6.45, 7) is 7.04. The molecular formula is C9H19NO2. The molecule has 0 aliphatic carbocycles. The van der Waals surface area contributed by atoms with Gasteiger partial charge in [-0.05, 0) is 24.7 Å². The van der Waals surface area contributed by atoms with E-state index in [0.29, 0.717) is 12.0 Å². The number of hydrogen-bond acceptors (Lipinski definition) is 2. The maximum atomic E-state index is 10.2. The van der Waals surface area contributed by atoms with Gasteiger partial charge in [0.15, 0.2) is 0 Å². The Morgan fingerprint density at radius 1 is 1.33 bits per heavy atom. The van der Waals surface area contributed by atoms with Crippen molar-refractivity contribution in [3.63, 3.8) is 0 Å². The highest BCUT2D eigenvalue weighted by Crippen LogP contribution is 2.21. The predicted octanol–water partition coefficient (Wildman–Crippen LogP) is 2.30. The molecule has 0 bridgehead atoms. The van der Waals surface area contributed by atoms with Crippen molar-refractivity contribution in [2.24, 2.45) is 11.1 Å². The number of carbonyl (C=O) groups is 1. The van der Waals surface area contributed by atoms with Crippen molar-refractivity contribution in [1.29, 1.82) is 0 Å². The van der Waals surface area contributed by atoms with Gasteiger partial charge in [0.25, 0.3) is 0 Å². The molecule has 0 aliphatic heterocycles. The molecule has 0 aromatic heterocycles. The molecule has 3 heteroatoms. The van der Waals surface area contributed by atoms with Crippen molar-refractivity contribution >= 4 is 6.09 Å². The fourth-order valence-electron chi connectivity index (χ4n) is 0.930. The third kappa shape index (κ3) is 9.27. The Balaban J connectivity index is 3.17. The quantitative estimate of drug-likeness (QED) is 0.663. The first-order chi connectivity index (χ1) is 5.42. The van der Waals surface area contributed by atoms with Crippen LogP contribution in [0.2, 0.25) is 0 Å². The van der Waals surface area contributed by atoms with E-state index in [-0.39, 0.29) is 0 Å². The summed E-state index contributed by atoms with van der Waals surface area (Å²) in [5, 5.41) is 0. The molecule has 0 rings (SSSR count). The van der Waals surface area contributed by atoms with Crippen LogP contribution >= 0.6 is 0 Å². The topological polar surface area (TPSA) is 52.3 Å². The van der Waals surface area contributed by atoms with Crippen molar-refractivity contribution in [2.75, 3.05) is 6.61 Å². The van der Waals surface area contributed by atoms with E-state index in [1.807, 2.05) is 0 Å². The minimum absolute atomic E-state index is 0.368. The monoisotopic (exact) mass is 173 g/mol. The van der Waals surface area contributed by atoms with E-state index in [2.05, 4.69) is 25.5 Å². The van der Waals surface area contributed by atoms with Crippen LogP contribution in [-0.4, -0.2) is 12.7 Å². The van der Waals surface area contributed by atoms with E-state index in [1.165, 1.54) is 0 Å². The number of ether oxygens (including phenoxy) is 1. The maximum Gasteiger partial charge on any atom is 0.404 e. The zero-order valence-electron chi connectivity index (χ0n) is 8.22. The molecule has 0 saturated heterocycles. The summed E-state index contributed by atoms with van der Waals surface area (Å²) in [7, 11) is 0. The second-order valence-corrected chi connectivity index (χ2v) is 4.19. The Morgan fingerprint density at radius 2 is 1.92 bits per heavy atom. The van der Waals surface area contributed by atoms with Crippen molar-refractivity contribution in [2.45, 2.75) is 40.0 Å². The number of rotatable bonds is 4. The van der Waals surface area contributed by atoms with Gasteiger partial charge in [0, 0.05) is 0 Å². The van der Waals surface area contributed by atoms with Crippen LogP contribution in [0.5, 0.6) is 0 Å². The summed E-state index contributed by atoms with van der Waals surface area (Å²) < 4.78 is 4.60. The van der Waals surface area contributed by atoms with Gasteiger partial charge in [-0.3, -0.25) is 0 Å². The van der Waals surface area contributed by atoms with E-state index in [1.54, 1.807) is 0 Å². The standard InChI is InChI=1S/C9H19NO2/c1-9(2,3)6-4-5-7-12-8(10)11/h4-7H2,1-3H3,(H2,10,11). The van der Waals surface area contributed by atoms with E-state index in [9.17, 15) is 4.79 Å². The summed E-state index contributed by atoms with van der Waals surface area (Å²) in [6.07, 6.45) is 2.46. The van der Waals surface area contributed by atoms with Crippen LogP contribution in [0.15, 0.2) is 0 Å². The van der Waals surface area contributed by atoms with Crippen molar-refractivity contribution in [3.8, 4) is 0 Å². The highest BCUT2D eigenvalue weighted by Gasteiger charge is 2.08. The molecule has 0 saturated carbocycles. The largest absolute Gasteiger partial charge is 0.450 e. The van der Waals surface area contributed by atoms with Crippen molar-refractivity contribution in [1.82, 2.24) is 0 Å². The smallest absolute Gasteiger partial charge is 0.404 e. The second kappa shape index (κ2) is 5.01. The van der Waals surface area contributed by atoms with E-state index in [0.717, 1.165) is 19.3 Å². The normalized spacial score (nSPS) is 11.2. The molecule has 0 unspecified atom stereocenters. The molecule has 0 heterocycles. The fourth-order valence-corrected chi connectivity index (χ4v) is 0.930. The summed E-state index contributed by atoms with van der Waals surface area (Å²) >= 11 is 0. The summed E-state index contributed by atoms with van der Waals surface area (Å²) in [5.41, 5.74) is 5.17. The average molecular weight is 173 g/mol. The van der Waals surface area contributed by atoms with Crippen LogP contribution in [0, 0.1) is 5.41 Å². The molecule has 0 atom stereocenters. The molecule has 0 aliphatic rings. The number of primary amides is 1. The first-order valence-electron chi connectivity index (χ1n) is 4.34. The Hall–Kier alpha value is -0.730. The summed E-state index contributed by atoms with van der Waals surface area (Å²) in [4.78, 5) is 10.2. The third-order valence-electron chi connectivity index (χ3n) is 1.57. The van der Waals surface area contributed by atoms with Crippen LogP contribution in [0.4, 0.5) is 4.79 Å². The summed E-state index contributed by atoms with van der Waals surface area (Å²) in [6, 6.07) is 0. The molecule has 72 valence electrons. The number of carbonyl (C=O) groups excluding carboxylic acids is 1. The molecule has 2 N–H and O–H groups in total. The van der Waals surface area contributed by atoms with Gasteiger partial charge in [-0.2, -0.15) is 0 Å². The average Bonchev–Trinajstić information content (AvgIpc) is 1.83. The van der Waals surface area contributed by atoms with Crippen LogP contribution < -0.4 is 5.73 Å². The molecule has 3 nitrogen and oxygen atoms in total. The van der Waals surface area contributed by atoms with Crippen LogP contribution in [0.25, 0.3) is 0 Å². The minimum atomic E-state index is -0.675. The molecule has 0 radical (unpaired) electrons. The van der Waals surface area contributed by atoms with Gasteiger partial charge < -0.3 is 10.5 Å². The third-order valence-corrected chi connectivity index (χ3v) is 1.57. The van der Waals surface area contributed by atoms with Crippen LogP contribution in [-0.2, 0) is 4.74 Å². The summed E-state index contributed by atoms with van der Waals surface area (Å²) in [5.74, 6) is 0. The lowest BCUT2D eigenvalue weighted by Gasteiger charge is -2.17. The minimum Gasteiger partial charge on any atom is -0.450 e. The van der Waals surface area contributed by atoms with Crippen molar-refractivity contribution in [3.05, 3.63) is 0 Å². The van der Waals surface area contributed by atoms with Gasteiger partial charge in [0.2, 0.25) is 0 Å². The molecule has 0 aromatic carbocycles. The van der Waals surface area contributed by atoms with Crippen molar-refractivity contribution < 1.29 is 9.53 Å². The van der Waals surface area contributed by atoms with Gasteiger partial charge in [-0.15, -0.1) is 0 Å². The lowest BCUT2D eigenvalue weighted by atomic mass is 9.90. The first-order valence-corrected chi connectivity index (χ1v) is 4.34. The highest BCUT2D eigenvalue weighted by atomic mass is 16.5. The van der Waals surface area contributed by atoms with Gasteiger partial charge in [-0.25, -0.2) is 4.79 Å². The number of amides is 1. The van der Waals surface area contributed by atoms with E-state index in [4.69, 9.17) is 5.73 Å². The zero-order valence-corrected chi connectivity index (χ0v) is 8.22. The molecular weight excluding hydrogens is 154 g/mol. The maximum absolute atomic E-state index is 10.2. The molecule has 0 fully saturated rings. The number of unbranched alkanes of at least 4 members (excludes halogenated alkanes) is 1. The zero-order chi connectivity index (χ0) is 9.61. The van der Waals surface area contributed by atoms with E-state index < -0.39 is 6.09 Å². The van der Waals surface area contributed by atoms with Gasteiger partial charge >= 0.3 is 6.09 Å². The molecule has 0 spiro atoms. The van der Waals surface area contributed by atoms with Gasteiger partial charge in [0.05, 0.1) is 6.61 Å². The number of hydrogen-bond donors (Lipinski definition) is 1. The Morgan fingerprint density at radius 3 is 2.33 bits per heavy atom. The SMILES string of the molecule is CC(C)(C)CCCCOC(N)=O. The highest BCUT2D eigenvalue weighted by molar-refractivity contribution is 5.64. The molecule has 12 heavy (non-hydrogen) atoms. The number of nitrogens with two attached hydrogens (primary N) is 1. The van der Waals surface area contributed by atoms with Gasteiger partial charge in [0.1, 0.15) is 0 Å². The Labute approximate surface area is 74.3 Å². The first kappa shape index (κ1) is 11.3. The fraction of sp³-hybridized carbons (Fsp3) is 0.889. The van der Waals surface area contributed by atoms with Gasteiger partial charge in [-0.1, -0.05) is 20.8 Å². The molecule has 0 aromatic rings.